The number of anilines is 1. The molecule has 3 rings (SSSR count). The molecule has 1 N–H and O–H groups in total. The first-order valence-electron chi connectivity index (χ1n) is 6.22. The molecular formula is C12H16N6O. The van der Waals surface area contributed by atoms with E-state index in [1.54, 1.807) is 25.7 Å². The van der Waals surface area contributed by atoms with E-state index in [9.17, 15) is 0 Å². The van der Waals surface area contributed by atoms with E-state index in [-0.39, 0.29) is 12.1 Å². The fourth-order valence-electron chi connectivity index (χ4n) is 2.41. The molecule has 7 nitrogen and oxygen atoms in total. The van der Waals surface area contributed by atoms with E-state index in [0.717, 1.165) is 30.4 Å². The van der Waals surface area contributed by atoms with E-state index in [1.165, 1.54) is 0 Å². The second kappa shape index (κ2) is 4.93. The zero-order valence-corrected chi connectivity index (χ0v) is 10.9. The largest absolute Gasteiger partial charge is 0.380 e. The highest BCUT2D eigenvalue weighted by Gasteiger charge is 2.36. The van der Waals surface area contributed by atoms with Crippen molar-refractivity contribution in [3.05, 3.63) is 30.2 Å². The Bertz CT molecular complexity index is 542. The smallest absolute Gasteiger partial charge is 0.173 e. The molecule has 100 valence electrons. The Hall–Kier alpha value is -2.02. The Morgan fingerprint density at radius 2 is 2.32 bits per heavy atom. The van der Waals surface area contributed by atoms with E-state index in [2.05, 4.69) is 30.0 Å². The van der Waals surface area contributed by atoms with Crippen LogP contribution in [0.1, 0.15) is 24.1 Å². The van der Waals surface area contributed by atoms with Crippen LogP contribution < -0.4 is 4.90 Å². The molecule has 1 aliphatic heterocycles. The van der Waals surface area contributed by atoms with Crippen LogP contribution in [-0.2, 0) is 4.74 Å². The number of hydrogen-bond donors (Lipinski definition) is 1. The second-order valence-electron chi connectivity index (χ2n) is 4.60. The Labute approximate surface area is 111 Å². The number of methoxy groups -OCH3 is 1. The van der Waals surface area contributed by atoms with Crippen molar-refractivity contribution in [3.63, 3.8) is 0 Å². The van der Waals surface area contributed by atoms with Crippen molar-refractivity contribution >= 4 is 5.82 Å². The molecular weight excluding hydrogens is 244 g/mol. The molecule has 0 amide bonds. The fraction of sp³-hybridized carbons (Fsp3) is 0.500. The molecule has 0 bridgehead atoms. The van der Waals surface area contributed by atoms with Crippen molar-refractivity contribution in [3.8, 4) is 0 Å². The zero-order chi connectivity index (χ0) is 13.2. The quantitative estimate of drug-likeness (QED) is 0.882. The number of aromatic nitrogens is 5. The van der Waals surface area contributed by atoms with Crippen LogP contribution in [0.15, 0.2) is 18.6 Å². The van der Waals surface area contributed by atoms with Crippen LogP contribution in [0.2, 0.25) is 0 Å². The van der Waals surface area contributed by atoms with Gasteiger partial charge in [-0.2, -0.15) is 5.10 Å². The Morgan fingerprint density at radius 1 is 1.42 bits per heavy atom. The molecule has 1 fully saturated rings. The molecule has 0 radical (unpaired) electrons. The summed E-state index contributed by atoms with van der Waals surface area (Å²) < 4.78 is 5.47. The molecule has 7 heteroatoms. The minimum Gasteiger partial charge on any atom is -0.380 e. The molecule has 0 saturated carbocycles. The molecule has 1 saturated heterocycles. The average Bonchev–Trinajstić information content (AvgIpc) is 3.05. The standard InChI is InChI=1S/C12H16N6O/c1-8-15-12(17-16-8)10-5-9(19-2)7-18(10)11-6-13-3-4-14-11/h3-4,6,9-10H,5,7H2,1-2H3,(H,15,16,17)/t9-,10+/m1/s1. The van der Waals surface area contributed by atoms with Crippen LogP contribution in [0.5, 0.6) is 0 Å². The first-order valence-corrected chi connectivity index (χ1v) is 6.22. The van der Waals surface area contributed by atoms with Crippen LogP contribution in [-0.4, -0.2) is 44.9 Å². The first kappa shape index (κ1) is 12.0. The van der Waals surface area contributed by atoms with E-state index >= 15 is 0 Å². The maximum absolute atomic E-state index is 5.47. The molecule has 0 spiro atoms. The molecule has 2 aromatic heterocycles. The van der Waals surface area contributed by atoms with Gasteiger partial charge in [-0.05, 0) is 6.92 Å². The van der Waals surface area contributed by atoms with Gasteiger partial charge in [0.15, 0.2) is 5.82 Å². The molecule has 19 heavy (non-hydrogen) atoms. The fourth-order valence-corrected chi connectivity index (χ4v) is 2.41. The molecule has 0 aromatic carbocycles. The van der Waals surface area contributed by atoms with Gasteiger partial charge in [-0.15, -0.1) is 0 Å². The summed E-state index contributed by atoms with van der Waals surface area (Å²) in [5.41, 5.74) is 0. The SMILES string of the molecule is CO[C@@H]1C[C@@H](c2n[nH]c(C)n2)N(c2cnccn2)C1. The lowest BCUT2D eigenvalue weighted by atomic mass is 10.2. The summed E-state index contributed by atoms with van der Waals surface area (Å²) in [5, 5.41) is 7.15. The highest BCUT2D eigenvalue weighted by atomic mass is 16.5. The average molecular weight is 260 g/mol. The number of aromatic amines is 1. The lowest BCUT2D eigenvalue weighted by Crippen LogP contribution is -2.26. The van der Waals surface area contributed by atoms with Gasteiger partial charge in [-0.3, -0.25) is 10.1 Å². The number of nitrogens with zero attached hydrogens (tertiary/aromatic N) is 5. The predicted octanol–water partition coefficient (Wildman–Crippen LogP) is 0.870. The Kier molecular flexibility index (Phi) is 3.12. The Balaban J connectivity index is 1.92. The van der Waals surface area contributed by atoms with Crippen LogP contribution >= 0.6 is 0 Å². The summed E-state index contributed by atoms with van der Waals surface area (Å²) in [5.74, 6) is 2.42. The number of hydrogen-bond acceptors (Lipinski definition) is 6. The van der Waals surface area contributed by atoms with Crippen molar-refractivity contribution in [2.24, 2.45) is 0 Å². The van der Waals surface area contributed by atoms with Gasteiger partial charge in [-0.25, -0.2) is 9.97 Å². The van der Waals surface area contributed by atoms with Gasteiger partial charge in [0.1, 0.15) is 11.6 Å². The minimum atomic E-state index is 0.0756. The lowest BCUT2D eigenvalue weighted by Gasteiger charge is -2.22. The third kappa shape index (κ3) is 2.28. The zero-order valence-electron chi connectivity index (χ0n) is 10.9. The second-order valence-corrected chi connectivity index (χ2v) is 4.60. The van der Waals surface area contributed by atoms with E-state index in [4.69, 9.17) is 4.74 Å². The highest BCUT2D eigenvalue weighted by molar-refractivity contribution is 5.40. The first-order chi connectivity index (χ1) is 9.28. The Morgan fingerprint density at radius 3 is 2.95 bits per heavy atom. The molecule has 1 aliphatic rings. The van der Waals surface area contributed by atoms with E-state index < -0.39 is 0 Å². The van der Waals surface area contributed by atoms with Gasteiger partial charge in [0, 0.05) is 32.5 Å². The summed E-state index contributed by atoms with van der Waals surface area (Å²) in [7, 11) is 1.73. The van der Waals surface area contributed by atoms with Gasteiger partial charge in [0.2, 0.25) is 0 Å². The van der Waals surface area contributed by atoms with Crippen molar-refractivity contribution in [2.75, 3.05) is 18.6 Å². The van der Waals surface area contributed by atoms with E-state index in [1.807, 2.05) is 6.92 Å². The number of rotatable bonds is 3. The summed E-state index contributed by atoms with van der Waals surface area (Å²) in [6, 6.07) is 0.0756. The maximum Gasteiger partial charge on any atom is 0.173 e. The summed E-state index contributed by atoms with van der Waals surface area (Å²) in [6.07, 6.45) is 6.12. The molecule has 0 aliphatic carbocycles. The highest BCUT2D eigenvalue weighted by Crippen LogP contribution is 2.34. The van der Waals surface area contributed by atoms with Crippen molar-refractivity contribution < 1.29 is 4.74 Å². The van der Waals surface area contributed by atoms with Crippen molar-refractivity contribution in [1.82, 2.24) is 25.1 Å². The van der Waals surface area contributed by atoms with Crippen molar-refractivity contribution in [2.45, 2.75) is 25.5 Å². The molecule has 2 aromatic rings. The summed E-state index contributed by atoms with van der Waals surface area (Å²) in [4.78, 5) is 15.0. The van der Waals surface area contributed by atoms with Crippen LogP contribution in [0.25, 0.3) is 0 Å². The van der Waals surface area contributed by atoms with E-state index in [0.29, 0.717) is 0 Å². The van der Waals surface area contributed by atoms with Crippen LogP contribution in [0.3, 0.4) is 0 Å². The van der Waals surface area contributed by atoms with Gasteiger partial charge >= 0.3 is 0 Å². The van der Waals surface area contributed by atoms with Gasteiger partial charge in [-0.1, -0.05) is 0 Å². The predicted molar refractivity (Wildman–Crippen MR) is 68.7 cm³/mol. The van der Waals surface area contributed by atoms with Crippen LogP contribution in [0.4, 0.5) is 5.82 Å². The third-order valence-electron chi connectivity index (χ3n) is 3.35. The molecule has 3 heterocycles. The molecule has 2 atom stereocenters. The number of H-pyrrole nitrogens is 1. The van der Waals surface area contributed by atoms with Crippen LogP contribution in [0, 0.1) is 6.92 Å². The normalized spacial score (nSPS) is 22.9. The molecule has 0 unspecified atom stereocenters. The number of ether oxygens (including phenoxy) is 1. The van der Waals surface area contributed by atoms with Gasteiger partial charge < -0.3 is 9.64 Å². The number of aryl methyl sites for hydroxylation is 1. The van der Waals surface area contributed by atoms with Gasteiger partial charge in [0.25, 0.3) is 0 Å². The topological polar surface area (TPSA) is 79.8 Å². The third-order valence-corrected chi connectivity index (χ3v) is 3.35. The lowest BCUT2D eigenvalue weighted by molar-refractivity contribution is 0.118. The number of nitrogens with one attached hydrogen (secondary N) is 1. The summed E-state index contributed by atoms with van der Waals surface area (Å²) >= 11 is 0. The summed E-state index contributed by atoms with van der Waals surface area (Å²) in [6.45, 7) is 2.67. The van der Waals surface area contributed by atoms with Gasteiger partial charge in [0.05, 0.1) is 18.3 Å². The monoisotopic (exact) mass is 260 g/mol. The minimum absolute atomic E-state index is 0.0756. The van der Waals surface area contributed by atoms with Crippen molar-refractivity contribution in [1.29, 1.82) is 0 Å². The maximum atomic E-state index is 5.47.